The molecule has 0 aliphatic carbocycles. The van der Waals surface area contributed by atoms with Gasteiger partial charge in [-0.25, -0.2) is 4.79 Å². The highest BCUT2D eigenvalue weighted by Crippen LogP contribution is 2.30. The maximum Gasteiger partial charge on any atom is 0.314 e. The number of rotatable bonds is 4. The van der Waals surface area contributed by atoms with E-state index in [1.54, 1.807) is 17.0 Å². The SMILES string of the molecule is COc1ccc(NC2CCN(C(N)=O)CC2)c([N+](=O)[O-])c1. The van der Waals surface area contributed by atoms with Gasteiger partial charge in [0.15, 0.2) is 0 Å². The van der Waals surface area contributed by atoms with Crippen LogP contribution >= 0.6 is 0 Å². The Hall–Kier alpha value is -2.51. The number of hydrogen-bond donors (Lipinski definition) is 2. The number of benzene rings is 1. The molecule has 3 N–H and O–H groups in total. The first-order valence-corrected chi connectivity index (χ1v) is 6.64. The lowest BCUT2D eigenvalue weighted by molar-refractivity contribution is -0.384. The van der Waals surface area contributed by atoms with Crippen LogP contribution < -0.4 is 15.8 Å². The van der Waals surface area contributed by atoms with Gasteiger partial charge < -0.3 is 20.7 Å². The molecule has 1 saturated heterocycles. The van der Waals surface area contributed by atoms with Crippen LogP contribution in [-0.4, -0.2) is 42.1 Å². The molecular formula is C13H18N4O4. The Morgan fingerprint density at radius 2 is 2.14 bits per heavy atom. The van der Waals surface area contributed by atoms with Crippen LogP contribution in [0.1, 0.15) is 12.8 Å². The Morgan fingerprint density at radius 1 is 1.48 bits per heavy atom. The molecule has 1 aliphatic heterocycles. The van der Waals surface area contributed by atoms with E-state index in [2.05, 4.69) is 5.32 Å². The molecule has 1 aromatic rings. The van der Waals surface area contributed by atoms with Crippen molar-refractivity contribution in [2.24, 2.45) is 5.73 Å². The van der Waals surface area contributed by atoms with Crippen molar-refractivity contribution in [1.29, 1.82) is 0 Å². The van der Waals surface area contributed by atoms with Crippen molar-refractivity contribution in [3.63, 3.8) is 0 Å². The molecule has 1 fully saturated rings. The first-order chi connectivity index (χ1) is 10.0. The molecule has 8 nitrogen and oxygen atoms in total. The van der Waals surface area contributed by atoms with E-state index in [0.29, 0.717) is 37.4 Å². The molecule has 0 bridgehead atoms. The lowest BCUT2D eigenvalue weighted by Crippen LogP contribution is -2.44. The summed E-state index contributed by atoms with van der Waals surface area (Å²) >= 11 is 0. The van der Waals surface area contributed by atoms with Gasteiger partial charge >= 0.3 is 6.03 Å². The summed E-state index contributed by atoms with van der Waals surface area (Å²) in [6, 6.07) is 4.35. The second-order valence-corrected chi connectivity index (χ2v) is 4.88. The number of nitrogens with zero attached hydrogens (tertiary/aromatic N) is 2. The molecule has 2 rings (SSSR count). The fourth-order valence-electron chi connectivity index (χ4n) is 2.38. The number of nitro groups is 1. The van der Waals surface area contributed by atoms with E-state index in [4.69, 9.17) is 10.5 Å². The number of carbonyl (C=O) groups excluding carboxylic acids is 1. The van der Waals surface area contributed by atoms with Crippen molar-refractivity contribution in [1.82, 2.24) is 4.90 Å². The van der Waals surface area contributed by atoms with Gasteiger partial charge in [0.05, 0.1) is 18.1 Å². The van der Waals surface area contributed by atoms with Crippen LogP contribution in [-0.2, 0) is 0 Å². The molecule has 8 heteroatoms. The number of methoxy groups -OCH3 is 1. The molecule has 0 unspecified atom stereocenters. The van der Waals surface area contributed by atoms with Gasteiger partial charge in [-0.3, -0.25) is 10.1 Å². The Morgan fingerprint density at radius 3 is 2.67 bits per heavy atom. The van der Waals surface area contributed by atoms with Crippen LogP contribution in [0.5, 0.6) is 5.75 Å². The van der Waals surface area contributed by atoms with Gasteiger partial charge in [-0.2, -0.15) is 0 Å². The minimum atomic E-state index is -0.441. The third-order valence-corrected chi connectivity index (χ3v) is 3.57. The van der Waals surface area contributed by atoms with Crippen LogP contribution in [0.3, 0.4) is 0 Å². The predicted octanol–water partition coefficient (Wildman–Crippen LogP) is 1.56. The molecule has 0 radical (unpaired) electrons. The molecule has 0 spiro atoms. The van der Waals surface area contributed by atoms with Gasteiger partial charge in [0.2, 0.25) is 0 Å². The number of carbonyl (C=O) groups is 1. The molecule has 1 aliphatic rings. The largest absolute Gasteiger partial charge is 0.496 e. The minimum absolute atomic E-state index is 0.0216. The monoisotopic (exact) mass is 294 g/mol. The molecule has 1 heterocycles. The smallest absolute Gasteiger partial charge is 0.314 e. The second-order valence-electron chi connectivity index (χ2n) is 4.88. The van der Waals surface area contributed by atoms with E-state index in [9.17, 15) is 14.9 Å². The number of piperidine rings is 1. The van der Waals surface area contributed by atoms with Crippen LogP contribution in [0.4, 0.5) is 16.2 Å². The number of nitrogens with two attached hydrogens (primary N) is 1. The van der Waals surface area contributed by atoms with E-state index in [-0.39, 0.29) is 11.7 Å². The Kier molecular flexibility index (Phi) is 4.46. The number of nitrogens with one attached hydrogen (secondary N) is 1. The Bertz CT molecular complexity index is 541. The lowest BCUT2D eigenvalue weighted by atomic mass is 10.0. The molecule has 0 aromatic heterocycles. The molecule has 21 heavy (non-hydrogen) atoms. The zero-order chi connectivity index (χ0) is 15.4. The number of urea groups is 1. The molecule has 1 aromatic carbocycles. The number of anilines is 1. The second kappa shape index (κ2) is 6.29. The number of amides is 2. The summed E-state index contributed by atoms with van der Waals surface area (Å²) in [6.07, 6.45) is 1.40. The van der Waals surface area contributed by atoms with Crippen LogP contribution in [0.15, 0.2) is 18.2 Å². The van der Waals surface area contributed by atoms with E-state index >= 15 is 0 Å². The summed E-state index contributed by atoms with van der Waals surface area (Å²) in [5, 5.41) is 14.3. The number of likely N-dealkylation sites (tertiary alicyclic amines) is 1. The number of nitro benzene ring substituents is 1. The predicted molar refractivity (Wildman–Crippen MR) is 77.4 cm³/mol. The minimum Gasteiger partial charge on any atom is -0.496 e. The topological polar surface area (TPSA) is 111 Å². The zero-order valence-electron chi connectivity index (χ0n) is 11.7. The van der Waals surface area contributed by atoms with E-state index < -0.39 is 11.0 Å². The van der Waals surface area contributed by atoms with Crippen LogP contribution in [0, 0.1) is 10.1 Å². The fraction of sp³-hybridized carbons (Fsp3) is 0.462. The average Bonchev–Trinajstić information content (AvgIpc) is 2.48. The van der Waals surface area contributed by atoms with Crippen molar-refractivity contribution in [3.05, 3.63) is 28.3 Å². The highest BCUT2D eigenvalue weighted by atomic mass is 16.6. The summed E-state index contributed by atoms with van der Waals surface area (Å²) in [7, 11) is 1.46. The van der Waals surface area contributed by atoms with Gasteiger partial charge in [-0.05, 0) is 25.0 Å². The normalized spacial score (nSPS) is 15.6. The lowest BCUT2D eigenvalue weighted by Gasteiger charge is -2.31. The number of hydrogen-bond acceptors (Lipinski definition) is 5. The maximum atomic E-state index is 11.1. The standard InChI is InChI=1S/C13H18N4O4/c1-21-10-2-3-11(12(8-10)17(19)20)15-9-4-6-16(7-5-9)13(14)18/h2-3,8-9,15H,4-7H2,1H3,(H2,14,18). The summed E-state index contributed by atoms with van der Waals surface area (Å²) in [5.74, 6) is 0.441. The number of primary amides is 1. The van der Waals surface area contributed by atoms with Crippen LogP contribution in [0.25, 0.3) is 0 Å². The molecule has 0 atom stereocenters. The van der Waals surface area contributed by atoms with Crippen molar-refractivity contribution < 1.29 is 14.5 Å². The first-order valence-electron chi connectivity index (χ1n) is 6.64. The molecular weight excluding hydrogens is 276 g/mol. The van der Waals surface area contributed by atoms with Gasteiger partial charge in [-0.1, -0.05) is 0 Å². The Balaban J connectivity index is 2.06. The van der Waals surface area contributed by atoms with Crippen LogP contribution in [0.2, 0.25) is 0 Å². The molecule has 114 valence electrons. The van der Waals surface area contributed by atoms with Crippen molar-refractivity contribution in [3.8, 4) is 5.75 Å². The van der Waals surface area contributed by atoms with Gasteiger partial charge in [0, 0.05) is 19.1 Å². The maximum absolute atomic E-state index is 11.1. The third kappa shape index (κ3) is 3.53. The molecule has 0 saturated carbocycles. The highest BCUT2D eigenvalue weighted by molar-refractivity contribution is 5.72. The summed E-state index contributed by atoms with van der Waals surface area (Å²) in [4.78, 5) is 23.3. The molecule has 2 amide bonds. The fourth-order valence-corrected chi connectivity index (χ4v) is 2.38. The third-order valence-electron chi connectivity index (χ3n) is 3.57. The number of ether oxygens (including phenoxy) is 1. The van der Waals surface area contributed by atoms with E-state index in [1.165, 1.54) is 13.2 Å². The van der Waals surface area contributed by atoms with Gasteiger partial charge in [-0.15, -0.1) is 0 Å². The highest BCUT2D eigenvalue weighted by Gasteiger charge is 2.23. The Labute approximate surface area is 122 Å². The quantitative estimate of drug-likeness (QED) is 0.646. The summed E-state index contributed by atoms with van der Waals surface area (Å²) in [6.45, 7) is 1.11. The van der Waals surface area contributed by atoms with E-state index in [1.807, 2.05) is 0 Å². The summed E-state index contributed by atoms with van der Waals surface area (Å²) < 4.78 is 5.00. The van der Waals surface area contributed by atoms with Gasteiger partial charge in [0.1, 0.15) is 11.4 Å². The van der Waals surface area contributed by atoms with Crippen molar-refractivity contribution in [2.45, 2.75) is 18.9 Å². The average molecular weight is 294 g/mol. The van der Waals surface area contributed by atoms with Crippen molar-refractivity contribution in [2.75, 3.05) is 25.5 Å². The van der Waals surface area contributed by atoms with Crippen molar-refractivity contribution >= 4 is 17.4 Å². The first kappa shape index (κ1) is 14.9. The van der Waals surface area contributed by atoms with E-state index in [0.717, 1.165) is 0 Å². The summed E-state index contributed by atoms with van der Waals surface area (Å²) in [5.41, 5.74) is 5.66. The zero-order valence-corrected chi connectivity index (χ0v) is 11.7. The van der Waals surface area contributed by atoms with Gasteiger partial charge in [0.25, 0.3) is 5.69 Å².